The summed E-state index contributed by atoms with van der Waals surface area (Å²) in [6.45, 7) is 1.91. The Hall–Kier alpha value is -3.33. The second-order valence-corrected chi connectivity index (χ2v) is 6.43. The SMILES string of the molecule is Cc1c(C(=O)NC2(C(=O)O)CCOC2)nnn1-c1cccc2cccnc12. The molecular weight excluding hydrogens is 350 g/mol. The van der Waals surface area contributed by atoms with Gasteiger partial charge >= 0.3 is 5.97 Å². The Morgan fingerprint density at radius 1 is 1.30 bits per heavy atom. The van der Waals surface area contributed by atoms with Crippen molar-refractivity contribution in [2.24, 2.45) is 0 Å². The van der Waals surface area contributed by atoms with Crippen molar-refractivity contribution < 1.29 is 19.4 Å². The molecule has 1 aliphatic heterocycles. The molecule has 0 bridgehead atoms. The van der Waals surface area contributed by atoms with Crippen molar-refractivity contribution in [2.75, 3.05) is 13.2 Å². The van der Waals surface area contributed by atoms with Gasteiger partial charge in [0, 0.05) is 24.6 Å². The fourth-order valence-electron chi connectivity index (χ4n) is 3.19. The number of ether oxygens (including phenoxy) is 1. The largest absolute Gasteiger partial charge is 0.479 e. The van der Waals surface area contributed by atoms with Crippen molar-refractivity contribution >= 4 is 22.8 Å². The molecule has 1 aromatic carbocycles. The Morgan fingerprint density at radius 3 is 2.85 bits per heavy atom. The Kier molecular flexibility index (Phi) is 4.08. The van der Waals surface area contributed by atoms with Crippen molar-refractivity contribution in [3.8, 4) is 5.69 Å². The van der Waals surface area contributed by atoms with Crippen LogP contribution in [0.25, 0.3) is 16.6 Å². The lowest BCUT2D eigenvalue weighted by atomic mass is 9.99. The zero-order valence-corrected chi connectivity index (χ0v) is 14.5. The quantitative estimate of drug-likeness (QED) is 0.708. The maximum atomic E-state index is 12.7. The van der Waals surface area contributed by atoms with Crippen LogP contribution in [-0.4, -0.2) is 55.7 Å². The van der Waals surface area contributed by atoms with Crippen LogP contribution in [-0.2, 0) is 9.53 Å². The lowest BCUT2D eigenvalue weighted by Crippen LogP contribution is -2.55. The number of benzene rings is 1. The van der Waals surface area contributed by atoms with E-state index in [-0.39, 0.29) is 25.3 Å². The summed E-state index contributed by atoms with van der Waals surface area (Å²) in [6.07, 6.45) is 1.89. The first-order valence-electron chi connectivity index (χ1n) is 8.42. The molecule has 0 saturated carbocycles. The van der Waals surface area contributed by atoms with E-state index in [0.717, 1.165) is 10.9 Å². The highest BCUT2D eigenvalue weighted by Crippen LogP contribution is 2.23. The van der Waals surface area contributed by atoms with E-state index in [4.69, 9.17) is 4.74 Å². The minimum absolute atomic E-state index is 0.0652. The van der Waals surface area contributed by atoms with Crippen molar-refractivity contribution in [3.05, 3.63) is 47.9 Å². The molecule has 1 aliphatic rings. The fourth-order valence-corrected chi connectivity index (χ4v) is 3.19. The van der Waals surface area contributed by atoms with E-state index in [1.54, 1.807) is 13.1 Å². The predicted octanol–water partition coefficient (Wildman–Crippen LogP) is 1.10. The van der Waals surface area contributed by atoms with Crippen molar-refractivity contribution in [2.45, 2.75) is 18.9 Å². The van der Waals surface area contributed by atoms with Gasteiger partial charge in [-0.05, 0) is 19.1 Å². The van der Waals surface area contributed by atoms with E-state index < -0.39 is 17.4 Å². The normalized spacial score (nSPS) is 19.3. The van der Waals surface area contributed by atoms with Crippen LogP contribution in [0, 0.1) is 6.92 Å². The van der Waals surface area contributed by atoms with E-state index >= 15 is 0 Å². The molecule has 0 spiro atoms. The smallest absolute Gasteiger partial charge is 0.331 e. The summed E-state index contributed by atoms with van der Waals surface area (Å²) in [5.74, 6) is -1.73. The van der Waals surface area contributed by atoms with E-state index in [0.29, 0.717) is 11.4 Å². The highest BCUT2D eigenvalue weighted by molar-refractivity contribution is 5.97. The number of carboxylic acids is 1. The van der Waals surface area contributed by atoms with Crippen LogP contribution >= 0.6 is 0 Å². The maximum absolute atomic E-state index is 12.7. The van der Waals surface area contributed by atoms with Crippen molar-refractivity contribution in [1.29, 1.82) is 0 Å². The molecule has 1 fully saturated rings. The van der Waals surface area contributed by atoms with Crippen LogP contribution in [0.5, 0.6) is 0 Å². The van der Waals surface area contributed by atoms with Gasteiger partial charge in [-0.15, -0.1) is 5.10 Å². The summed E-state index contributed by atoms with van der Waals surface area (Å²) in [7, 11) is 0. The standard InChI is InChI=1S/C18H17N5O4/c1-11-14(16(24)20-18(17(25)26)7-9-27-10-18)21-22-23(11)13-6-2-4-12-5-3-8-19-15(12)13/h2-6,8H,7,9-10H2,1H3,(H,20,24)(H,25,26). The van der Waals surface area contributed by atoms with Gasteiger partial charge in [-0.2, -0.15) is 0 Å². The number of aliphatic carboxylic acids is 1. The predicted molar refractivity (Wildman–Crippen MR) is 94.7 cm³/mol. The molecule has 1 atom stereocenters. The Labute approximate surface area is 154 Å². The second-order valence-electron chi connectivity index (χ2n) is 6.43. The first kappa shape index (κ1) is 17.1. The van der Waals surface area contributed by atoms with Crippen LogP contribution in [0.1, 0.15) is 22.6 Å². The number of rotatable bonds is 4. The van der Waals surface area contributed by atoms with Gasteiger partial charge in [0.2, 0.25) is 0 Å². The van der Waals surface area contributed by atoms with Crippen molar-refractivity contribution in [3.63, 3.8) is 0 Å². The fraction of sp³-hybridized carbons (Fsp3) is 0.278. The Bertz CT molecular complexity index is 1030. The molecule has 2 aromatic heterocycles. The first-order valence-corrected chi connectivity index (χ1v) is 8.42. The number of carbonyl (C=O) groups is 2. The van der Waals surface area contributed by atoms with Gasteiger partial charge in [-0.3, -0.25) is 9.78 Å². The van der Waals surface area contributed by atoms with Crippen LogP contribution < -0.4 is 5.32 Å². The lowest BCUT2D eigenvalue weighted by molar-refractivity contribution is -0.144. The number of hydrogen-bond acceptors (Lipinski definition) is 6. The summed E-state index contributed by atoms with van der Waals surface area (Å²) >= 11 is 0. The third-order valence-electron chi connectivity index (χ3n) is 4.73. The monoisotopic (exact) mass is 367 g/mol. The molecule has 3 aromatic rings. The number of hydrogen-bond donors (Lipinski definition) is 2. The molecule has 138 valence electrons. The average molecular weight is 367 g/mol. The molecule has 9 heteroatoms. The molecule has 3 heterocycles. The molecule has 1 saturated heterocycles. The molecule has 27 heavy (non-hydrogen) atoms. The molecule has 9 nitrogen and oxygen atoms in total. The molecule has 0 radical (unpaired) electrons. The van der Waals surface area contributed by atoms with Crippen LogP contribution in [0.4, 0.5) is 0 Å². The number of nitrogens with zero attached hydrogens (tertiary/aromatic N) is 4. The number of aromatic nitrogens is 4. The second kappa shape index (κ2) is 6.44. The number of carbonyl (C=O) groups excluding carboxylic acids is 1. The van der Waals surface area contributed by atoms with Crippen molar-refractivity contribution in [1.82, 2.24) is 25.3 Å². The highest BCUT2D eigenvalue weighted by Gasteiger charge is 2.44. The zero-order chi connectivity index (χ0) is 19.0. The number of pyridine rings is 1. The zero-order valence-electron chi connectivity index (χ0n) is 14.5. The molecular formula is C18H17N5O4. The molecule has 4 rings (SSSR count). The van der Waals surface area contributed by atoms with Crippen LogP contribution in [0.2, 0.25) is 0 Å². The third kappa shape index (κ3) is 2.81. The van der Waals surface area contributed by atoms with E-state index in [9.17, 15) is 14.7 Å². The molecule has 2 N–H and O–H groups in total. The van der Waals surface area contributed by atoms with E-state index in [1.165, 1.54) is 4.68 Å². The topological polar surface area (TPSA) is 119 Å². The summed E-state index contributed by atoms with van der Waals surface area (Å²) in [5, 5.41) is 21.0. The van der Waals surface area contributed by atoms with Gasteiger partial charge in [0.25, 0.3) is 5.91 Å². The summed E-state index contributed by atoms with van der Waals surface area (Å²) < 4.78 is 6.70. The number of nitrogens with one attached hydrogen (secondary N) is 1. The molecule has 0 aliphatic carbocycles. The minimum Gasteiger partial charge on any atom is -0.479 e. The third-order valence-corrected chi connectivity index (χ3v) is 4.73. The highest BCUT2D eigenvalue weighted by atomic mass is 16.5. The summed E-state index contributed by atoms with van der Waals surface area (Å²) in [4.78, 5) is 28.7. The number of amides is 1. The lowest BCUT2D eigenvalue weighted by Gasteiger charge is -2.23. The maximum Gasteiger partial charge on any atom is 0.331 e. The molecule has 1 unspecified atom stereocenters. The van der Waals surface area contributed by atoms with Gasteiger partial charge in [-0.25, -0.2) is 9.48 Å². The number of fused-ring (bicyclic) bond motifs is 1. The van der Waals surface area contributed by atoms with Crippen LogP contribution in [0.3, 0.4) is 0 Å². The van der Waals surface area contributed by atoms with E-state index in [1.807, 2.05) is 30.3 Å². The average Bonchev–Trinajstić information content (AvgIpc) is 3.29. The Balaban J connectivity index is 1.70. The van der Waals surface area contributed by atoms with Gasteiger partial charge in [0.15, 0.2) is 11.2 Å². The van der Waals surface area contributed by atoms with Gasteiger partial charge in [-0.1, -0.05) is 23.4 Å². The Morgan fingerprint density at radius 2 is 2.11 bits per heavy atom. The van der Waals surface area contributed by atoms with Crippen LogP contribution in [0.15, 0.2) is 36.5 Å². The number of carboxylic acid groups (broad SMARTS) is 1. The van der Waals surface area contributed by atoms with Gasteiger partial charge in [0.1, 0.15) is 0 Å². The van der Waals surface area contributed by atoms with E-state index in [2.05, 4.69) is 20.6 Å². The minimum atomic E-state index is -1.44. The van der Waals surface area contributed by atoms with Gasteiger partial charge < -0.3 is 15.2 Å². The molecule has 1 amide bonds. The first-order chi connectivity index (χ1) is 13.0. The summed E-state index contributed by atoms with van der Waals surface area (Å²) in [5.41, 5.74) is 0.537. The van der Waals surface area contributed by atoms with Gasteiger partial charge in [0.05, 0.1) is 23.5 Å². The number of para-hydroxylation sites is 1. The summed E-state index contributed by atoms with van der Waals surface area (Å²) in [6, 6.07) is 9.41.